The normalized spacial score (nSPS) is 10.9. The van der Waals surface area contributed by atoms with Gasteiger partial charge >= 0.3 is 5.97 Å². The van der Waals surface area contributed by atoms with Crippen molar-refractivity contribution >= 4 is 5.97 Å². The van der Waals surface area contributed by atoms with E-state index in [9.17, 15) is 4.79 Å². The highest BCUT2D eigenvalue weighted by molar-refractivity contribution is 5.70. The molecule has 0 aromatic carbocycles. The lowest BCUT2D eigenvalue weighted by Crippen LogP contribution is -2.09. The standard InChI is InChI=1S/C13H22N2O4/c1-10-12(9-13(16)17)11(2)15(14-10)5-4-6-19-8-7-18-3/h4-9H2,1-3H3,(H,16,17). The molecule has 19 heavy (non-hydrogen) atoms. The first-order valence-electron chi connectivity index (χ1n) is 6.37. The average Bonchev–Trinajstić information content (AvgIpc) is 2.61. The number of carboxylic acid groups (broad SMARTS) is 1. The summed E-state index contributed by atoms with van der Waals surface area (Å²) in [6, 6.07) is 0. The van der Waals surface area contributed by atoms with Gasteiger partial charge in [-0.15, -0.1) is 0 Å². The zero-order chi connectivity index (χ0) is 14.3. The van der Waals surface area contributed by atoms with Crippen LogP contribution in [0, 0.1) is 13.8 Å². The number of aromatic nitrogens is 2. The molecule has 1 heterocycles. The molecule has 1 rings (SSSR count). The minimum atomic E-state index is -0.825. The van der Waals surface area contributed by atoms with Gasteiger partial charge in [-0.2, -0.15) is 5.10 Å². The van der Waals surface area contributed by atoms with E-state index in [1.165, 1.54) is 0 Å². The predicted octanol–water partition coefficient (Wildman–Crippen LogP) is 1.18. The van der Waals surface area contributed by atoms with E-state index in [-0.39, 0.29) is 6.42 Å². The summed E-state index contributed by atoms with van der Waals surface area (Å²) in [5.41, 5.74) is 2.53. The summed E-state index contributed by atoms with van der Waals surface area (Å²) in [6.45, 7) is 6.33. The van der Waals surface area contributed by atoms with E-state index in [4.69, 9.17) is 14.6 Å². The number of carbonyl (C=O) groups is 1. The van der Waals surface area contributed by atoms with E-state index in [2.05, 4.69) is 5.10 Å². The number of aryl methyl sites for hydroxylation is 2. The maximum absolute atomic E-state index is 10.8. The van der Waals surface area contributed by atoms with Gasteiger partial charge in [0.05, 0.1) is 25.3 Å². The first-order valence-corrected chi connectivity index (χ1v) is 6.37. The lowest BCUT2D eigenvalue weighted by Gasteiger charge is -2.06. The molecule has 0 bridgehead atoms. The quantitative estimate of drug-likeness (QED) is 0.682. The molecular formula is C13H22N2O4. The monoisotopic (exact) mass is 270 g/mol. The van der Waals surface area contributed by atoms with Crippen LogP contribution in [0.25, 0.3) is 0 Å². The Labute approximate surface area is 113 Å². The molecule has 0 aliphatic carbocycles. The Bertz CT molecular complexity index is 415. The van der Waals surface area contributed by atoms with Crippen molar-refractivity contribution < 1.29 is 19.4 Å². The maximum atomic E-state index is 10.8. The number of methoxy groups -OCH3 is 1. The number of hydrogen-bond acceptors (Lipinski definition) is 4. The topological polar surface area (TPSA) is 73.6 Å². The van der Waals surface area contributed by atoms with Gasteiger partial charge in [-0.25, -0.2) is 0 Å². The number of nitrogens with zero attached hydrogens (tertiary/aromatic N) is 2. The number of rotatable bonds is 9. The fourth-order valence-corrected chi connectivity index (χ4v) is 1.92. The average molecular weight is 270 g/mol. The number of aliphatic carboxylic acids is 1. The summed E-state index contributed by atoms with van der Waals surface area (Å²) in [5, 5.41) is 13.2. The van der Waals surface area contributed by atoms with Crippen LogP contribution < -0.4 is 0 Å². The van der Waals surface area contributed by atoms with Gasteiger partial charge in [-0.05, 0) is 20.3 Å². The Morgan fingerprint density at radius 1 is 1.32 bits per heavy atom. The lowest BCUT2D eigenvalue weighted by molar-refractivity contribution is -0.136. The van der Waals surface area contributed by atoms with Crippen LogP contribution in [0.15, 0.2) is 0 Å². The van der Waals surface area contributed by atoms with Gasteiger partial charge in [0.2, 0.25) is 0 Å². The zero-order valence-corrected chi connectivity index (χ0v) is 11.8. The predicted molar refractivity (Wildman–Crippen MR) is 70.4 cm³/mol. The van der Waals surface area contributed by atoms with Gasteiger partial charge < -0.3 is 14.6 Å². The van der Waals surface area contributed by atoms with E-state index in [1.54, 1.807) is 7.11 Å². The second kappa shape index (κ2) is 7.91. The lowest BCUT2D eigenvalue weighted by atomic mass is 10.1. The van der Waals surface area contributed by atoms with Crippen LogP contribution in [-0.2, 0) is 27.2 Å². The first kappa shape index (κ1) is 15.7. The molecular weight excluding hydrogens is 248 g/mol. The molecule has 0 atom stereocenters. The largest absolute Gasteiger partial charge is 0.481 e. The van der Waals surface area contributed by atoms with Crippen LogP contribution in [-0.4, -0.2) is 47.8 Å². The van der Waals surface area contributed by atoms with E-state index < -0.39 is 5.97 Å². The molecule has 0 spiro atoms. The molecule has 0 unspecified atom stereocenters. The van der Waals surface area contributed by atoms with Crippen molar-refractivity contribution in [1.82, 2.24) is 9.78 Å². The van der Waals surface area contributed by atoms with Gasteiger partial charge in [-0.1, -0.05) is 0 Å². The van der Waals surface area contributed by atoms with Crippen LogP contribution in [0.4, 0.5) is 0 Å². The van der Waals surface area contributed by atoms with E-state index in [1.807, 2.05) is 18.5 Å². The molecule has 0 aliphatic heterocycles. The smallest absolute Gasteiger partial charge is 0.307 e. The molecule has 0 saturated heterocycles. The minimum absolute atomic E-state index is 0.0298. The molecule has 6 nitrogen and oxygen atoms in total. The van der Waals surface area contributed by atoms with E-state index in [0.29, 0.717) is 19.8 Å². The molecule has 1 aromatic rings. The van der Waals surface area contributed by atoms with Crippen molar-refractivity contribution in [3.8, 4) is 0 Å². The van der Waals surface area contributed by atoms with Crippen molar-refractivity contribution in [3.05, 3.63) is 17.0 Å². The molecule has 0 aliphatic rings. The summed E-state index contributed by atoms with van der Waals surface area (Å²) in [5.74, 6) is -0.825. The Morgan fingerprint density at radius 3 is 2.68 bits per heavy atom. The summed E-state index contributed by atoms with van der Waals surface area (Å²) in [7, 11) is 1.64. The molecule has 0 saturated carbocycles. The highest BCUT2D eigenvalue weighted by Crippen LogP contribution is 2.14. The number of carboxylic acids is 1. The van der Waals surface area contributed by atoms with E-state index in [0.717, 1.165) is 29.9 Å². The Hall–Kier alpha value is -1.40. The van der Waals surface area contributed by atoms with E-state index >= 15 is 0 Å². The van der Waals surface area contributed by atoms with Crippen LogP contribution in [0.5, 0.6) is 0 Å². The summed E-state index contributed by atoms with van der Waals surface area (Å²) >= 11 is 0. The Balaban J connectivity index is 2.44. The van der Waals surface area contributed by atoms with Crippen molar-refractivity contribution in [2.24, 2.45) is 0 Å². The molecule has 0 amide bonds. The first-order chi connectivity index (χ1) is 9.06. The fraction of sp³-hybridized carbons (Fsp3) is 0.692. The van der Waals surface area contributed by atoms with Gasteiger partial charge in [0.25, 0.3) is 0 Å². The minimum Gasteiger partial charge on any atom is -0.481 e. The third kappa shape index (κ3) is 5.00. The Morgan fingerprint density at radius 2 is 2.05 bits per heavy atom. The highest BCUT2D eigenvalue weighted by atomic mass is 16.5. The SMILES string of the molecule is COCCOCCCn1nc(C)c(CC(=O)O)c1C. The van der Waals surface area contributed by atoms with Gasteiger partial charge in [0, 0.05) is 31.5 Å². The second-order valence-corrected chi connectivity index (χ2v) is 4.40. The third-order valence-corrected chi connectivity index (χ3v) is 2.95. The van der Waals surface area contributed by atoms with Crippen LogP contribution in [0.1, 0.15) is 23.4 Å². The van der Waals surface area contributed by atoms with Crippen LogP contribution in [0.3, 0.4) is 0 Å². The van der Waals surface area contributed by atoms with Crippen molar-refractivity contribution in [3.63, 3.8) is 0 Å². The number of ether oxygens (including phenoxy) is 2. The molecule has 0 radical (unpaired) electrons. The summed E-state index contributed by atoms with van der Waals surface area (Å²) in [6.07, 6.45) is 0.875. The van der Waals surface area contributed by atoms with Crippen molar-refractivity contribution in [2.75, 3.05) is 26.9 Å². The third-order valence-electron chi connectivity index (χ3n) is 2.95. The molecule has 1 N–H and O–H groups in total. The summed E-state index contributed by atoms with van der Waals surface area (Å²) in [4.78, 5) is 10.8. The highest BCUT2D eigenvalue weighted by Gasteiger charge is 2.13. The fourth-order valence-electron chi connectivity index (χ4n) is 1.92. The van der Waals surface area contributed by atoms with Crippen LogP contribution in [0.2, 0.25) is 0 Å². The molecule has 0 fully saturated rings. The zero-order valence-electron chi connectivity index (χ0n) is 11.8. The van der Waals surface area contributed by atoms with Crippen molar-refractivity contribution in [1.29, 1.82) is 0 Å². The maximum Gasteiger partial charge on any atom is 0.307 e. The molecule has 6 heteroatoms. The molecule has 108 valence electrons. The Kier molecular flexibility index (Phi) is 6.52. The number of hydrogen-bond donors (Lipinski definition) is 1. The van der Waals surface area contributed by atoms with Crippen molar-refractivity contribution in [2.45, 2.75) is 33.2 Å². The van der Waals surface area contributed by atoms with Gasteiger partial charge in [0.1, 0.15) is 0 Å². The van der Waals surface area contributed by atoms with Crippen LogP contribution >= 0.6 is 0 Å². The molecule has 1 aromatic heterocycles. The second-order valence-electron chi connectivity index (χ2n) is 4.40. The van der Waals surface area contributed by atoms with Gasteiger partial charge in [0.15, 0.2) is 0 Å². The summed E-state index contributed by atoms with van der Waals surface area (Å²) < 4.78 is 12.1. The van der Waals surface area contributed by atoms with Gasteiger partial charge in [-0.3, -0.25) is 9.48 Å².